The summed E-state index contributed by atoms with van der Waals surface area (Å²) in [6, 6.07) is 9.03. The van der Waals surface area contributed by atoms with E-state index in [-0.39, 0.29) is 12.2 Å². The molecule has 11 heteroatoms. The fourth-order valence-electron chi connectivity index (χ4n) is 3.95. The number of halogens is 3. The summed E-state index contributed by atoms with van der Waals surface area (Å²) in [7, 11) is 1.53. The molecule has 4 heterocycles. The quantitative estimate of drug-likeness (QED) is 0.417. The number of aromatic nitrogens is 6. The number of nitrogens with zero attached hydrogens (tertiary/aromatic N) is 6. The zero-order valence-electron chi connectivity index (χ0n) is 18.9. The van der Waals surface area contributed by atoms with Crippen molar-refractivity contribution in [2.45, 2.75) is 25.7 Å². The molecule has 35 heavy (non-hydrogen) atoms. The van der Waals surface area contributed by atoms with E-state index < -0.39 is 17.8 Å². The number of fused-ring (bicyclic) bond motifs is 1. The molecule has 1 aliphatic heterocycles. The van der Waals surface area contributed by atoms with Crippen molar-refractivity contribution >= 4 is 12.2 Å². The van der Waals surface area contributed by atoms with Crippen LogP contribution in [0.4, 0.5) is 13.2 Å². The van der Waals surface area contributed by atoms with E-state index in [1.807, 2.05) is 29.8 Å². The van der Waals surface area contributed by atoms with Gasteiger partial charge in [-0.15, -0.1) is 0 Å². The molecule has 0 radical (unpaired) electrons. The first-order chi connectivity index (χ1) is 16.8. The second-order valence-electron chi connectivity index (χ2n) is 7.91. The van der Waals surface area contributed by atoms with Gasteiger partial charge < -0.3 is 14.0 Å². The molecule has 0 fully saturated rings. The lowest BCUT2D eigenvalue weighted by Crippen LogP contribution is -2.25. The molecule has 0 aliphatic carbocycles. The highest BCUT2D eigenvalue weighted by molar-refractivity contribution is 5.65. The number of alkyl halides is 3. The summed E-state index contributed by atoms with van der Waals surface area (Å²) >= 11 is 0. The summed E-state index contributed by atoms with van der Waals surface area (Å²) in [5.41, 5.74) is 1.48. The summed E-state index contributed by atoms with van der Waals surface area (Å²) in [5.74, 6) is 1.08. The number of imidazole rings is 1. The lowest BCUT2D eigenvalue weighted by molar-refractivity contribution is -0.139. The number of methoxy groups -OCH3 is 1. The molecule has 0 amide bonds. The van der Waals surface area contributed by atoms with Gasteiger partial charge >= 0.3 is 6.18 Å². The van der Waals surface area contributed by atoms with Gasteiger partial charge in [0.15, 0.2) is 11.6 Å². The molecular weight excluding hydrogens is 461 g/mol. The van der Waals surface area contributed by atoms with Gasteiger partial charge in [-0.05, 0) is 37.3 Å². The van der Waals surface area contributed by atoms with Crippen LogP contribution in [0.15, 0.2) is 48.9 Å². The average molecular weight is 482 g/mol. The highest BCUT2D eigenvalue weighted by Gasteiger charge is 2.38. The van der Waals surface area contributed by atoms with Crippen molar-refractivity contribution in [1.29, 1.82) is 0 Å². The highest BCUT2D eigenvalue weighted by Crippen LogP contribution is 2.38. The molecule has 180 valence electrons. The molecule has 0 N–H and O–H groups in total. The Hall–Kier alpha value is -3.99. The smallest absolute Gasteiger partial charge is 0.416 e. The molecule has 0 spiro atoms. The second-order valence-corrected chi connectivity index (χ2v) is 7.91. The van der Waals surface area contributed by atoms with Crippen molar-refractivity contribution in [2.24, 2.45) is 0 Å². The van der Waals surface area contributed by atoms with Crippen LogP contribution < -0.4 is 4.74 Å². The Morgan fingerprint density at radius 2 is 1.94 bits per heavy atom. The third kappa shape index (κ3) is 4.54. The summed E-state index contributed by atoms with van der Waals surface area (Å²) in [6.45, 7) is 2.51. The predicted octanol–water partition coefficient (Wildman–Crippen LogP) is 4.48. The molecule has 1 aromatic carbocycles. The lowest BCUT2D eigenvalue weighted by Gasteiger charge is -2.25. The predicted molar refractivity (Wildman–Crippen MR) is 121 cm³/mol. The van der Waals surface area contributed by atoms with Crippen molar-refractivity contribution in [3.63, 3.8) is 0 Å². The maximum Gasteiger partial charge on any atom is 0.416 e. The number of benzene rings is 1. The molecule has 0 unspecified atom stereocenters. The van der Waals surface area contributed by atoms with Crippen molar-refractivity contribution in [2.75, 3.05) is 13.7 Å². The SMILES string of the molecule is COc1nc(/C=C/c2nc3n(n2)CCO[C@H]3c2ccccc2C(F)(F)F)ccc1-n1cnc(C)c1. The summed E-state index contributed by atoms with van der Waals surface area (Å²) < 4.78 is 55.2. The van der Waals surface area contributed by atoms with Gasteiger partial charge in [0.05, 0.1) is 43.5 Å². The Morgan fingerprint density at radius 1 is 1.11 bits per heavy atom. The van der Waals surface area contributed by atoms with Crippen LogP contribution in [-0.4, -0.2) is 43.0 Å². The van der Waals surface area contributed by atoms with Crippen LogP contribution in [0.5, 0.6) is 5.88 Å². The number of aryl methyl sites for hydroxylation is 1. The van der Waals surface area contributed by atoms with Crippen LogP contribution in [0.3, 0.4) is 0 Å². The van der Waals surface area contributed by atoms with Gasteiger partial charge in [-0.1, -0.05) is 18.2 Å². The van der Waals surface area contributed by atoms with E-state index in [1.54, 1.807) is 29.2 Å². The second kappa shape index (κ2) is 8.99. The molecule has 3 aromatic heterocycles. The average Bonchev–Trinajstić information content (AvgIpc) is 3.47. The molecule has 1 aliphatic rings. The molecule has 1 atom stereocenters. The Labute approximate surface area is 198 Å². The summed E-state index contributed by atoms with van der Waals surface area (Å²) in [6.07, 6.45) is 1.45. The van der Waals surface area contributed by atoms with E-state index >= 15 is 0 Å². The van der Waals surface area contributed by atoms with Gasteiger partial charge in [0.1, 0.15) is 11.8 Å². The van der Waals surface area contributed by atoms with Gasteiger partial charge in [-0.2, -0.15) is 18.3 Å². The molecule has 8 nitrogen and oxygen atoms in total. The zero-order chi connectivity index (χ0) is 24.6. The number of hydrogen-bond acceptors (Lipinski definition) is 6. The third-order valence-electron chi connectivity index (χ3n) is 5.54. The number of pyridine rings is 1. The van der Waals surface area contributed by atoms with Gasteiger partial charge in [0, 0.05) is 11.8 Å². The van der Waals surface area contributed by atoms with E-state index in [0.717, 1.165) is 17.4 Å². The molecule has 0 saturated carbocycles. The van der Waals surface area contributed by atoms with Crippen LogP contribution in [-0.2, 0) is 17.5 Å². The van der Waals surface area contributed by atoms with E-state index in [4.69, 9.17) is 9.47 Å². The van der Waals surface area contributed by atoms with Gasteiger partial charge in [-0.25, -0.2) is 19.6 Å². The van der Waals surface area contributed by atoms with E-state index in [9.17, 15) is 13.2 Å². The molecule has 5 rings (SSSR count). The zero-order valence-corrected chi connectivity index (χ0v) is 18.9. The fraction of sp³-hybridized carbons (Fsp3) is 0.250. The van der Waals surface area contributed by atoms with Gasteiger partial charge in [0.2, 0.25) is 5.88 Å². The maximum atomic E-state index is 13.6. The summed E-state index contributed by atoms with van der Waals surface area (Å²) in [4.78, 5) is 13.2. The Balaban J connectivity index is 1.43. The van der Waals surface area contributed by atoms with E-state index in [1.165, 1.54) is 19.2 Å². The monoisotopic (exact) mass is 482 g/mol. The van der Waals surface area contributed by atoms with Crippen molar-refractivity contribution in [3.05, 3.63) is 83.1 Å². The normalized spacial score (nSPS) is 16.0. The van der Waals surface area contributed by atoms with E-state index in [2.05, 4.69) is 20.1 Å². The standard InChI is InChI=1S/C24H21F3N6O2/c1-15-13-32(14-28-15)19-9-7-16(29-23(19)34-2)8-10-20-30-22-21(35-12-11-33(22)31-20)17-5-3-4-6-18(17)24(25,26)27/h3-10,13-14,21H,11-12H2,1-2H3/b10-8+/t21-/m0/s1. The van der Waals surface area contributed by atoms with Crippen LogP contribution in [0.25, 0.3) is 17.8 Å². The molecule has 0 saturated heterocycles. The first kappa shape index (κ1) is 22.8. The Kier molecular flexibility index (Phi) is 5.85. The van der Waals surface area contributed by atoms with Crippen LogP contribution >= 0.6 is 0 Å². The Morgan fingerprint density at radius 3 is 2.69 bits per heavy atom. The topological polar surface area (TPSA) is 79.9 Å². The molecule has 4 aromatic rings. The van der Waals surface area contributed by atoms with Crippen molar-refractivity contribution in [3.8, 4) is 11.6 Å². The first-order valence-corrected chi connectivity index (χ1v) is 10.8. The minimum Gasteiger partial charge on any atom is -0.479 e. The summed E-state index contributed by atoms with van der Waals surface area (Å²) in [5, 5.41) is 4.43. The first-order valence-electron chi connectivity index (χ1n) is 10.8. The number of ether oxygens (including phenoxy) is 2. The van der Waals surface area contributed by atoms with E-state index in [0.29, 0.717) is 29.8 Å². The number of rotatable bonds is 5. The largest absolute Gasteiger partial charge is 0.479 e. The van der Waals surface area contributed by atoms with Crippen LogP contribution in [0.1, 0.15) is 40.3 Å². The maximum absolute atomic E-state index is 13.6. The molecular formula is C24H21F3N6O2. The van der Waals surface area contributed by atoms with Gasteiger partial charge in [0.25, 0.3) is 0 Å². The van der Waals surface area contributed by atoms with Gasteiger partial charge in [-0.3, -0.25) is 0 Å². The van der Waals surface area contributed by atoms with Crippen molar-refractivity contribution in [1.82, 2.24) is 29.3 Å². The van der Waals surface area contributed by atoms with Crippen LogP contribution in [0.2, 0.25) is 0 Å². The van der Waals surface area contributed by atoms with Crippen LogP contribution in [0, 0.1) is 6.92 Å². The van der Waals surface area contributed by atoms with Crippen molar-refractivity contribution < 1.29 is 22.6 Å². The minimum atomic E-state index is -4.50. The minimum absolute atomic E-state index is 0.0145. The Bertz CT molecular complexity index is 1390. The highest BCUT2D eigenvalue weighted by atomic mass is 19.4. The third-order valence-corrected chi connectivity index (χ3v) is 5.54. The fourth-order valence-corrected chi connectivity index (χ4v) is 3.95. The number of hydrogen-bond donors (Lipinski definition) is 0. The molecule has 0 bridgehead atoms. The lowest BCUT2D eigenvalue weighted by atomic mass is 10.0.